The van der Waals surface area contributed by atoms with Gasteiger partial charge in [0.05, 0.1) is 12.8 Å². The van der Waals surface area contributed by atoms with E-state index in [1.165, 1.54) is 24.5 Å². The standard InChI is InChI=1S/C19H16F3N3O2/c1-26-15-7-5-13(6-8-15)11-23-18-10-17(24-12-25-18)14-3-2-4-16(9-14)27-19(20,21)22/h2-10,12H,11H2,1H3,(H,23,24,25). The molecule has 3 aromatic rings. The molecule has 0 aliphatic heterocycles. The van der Waals surface area contributed by atoms with Gasteiger partial charge in [0, 0.05) is 18.2 Å². The van der Waals surface area contributed by atoms with E-state index in [1.54, 1.807) is 19.2 Å². The highest BCUT2D eigenvalue weighted by Gasteiger charge is 2.31. The lowest BCUT2D eigenvalue weighted by Crippen LogP contribution is -2.17. The number of alkyl halides is 3. The number of methoxy groups -OCH3 is 1. The summed E-state index contributed by atoms with van der Waals surface area (Å²) >= 11 is 0. The highest BCUT2D eigenvalue weighted by Crippen LogP contribution is 2.27. The maximum Gasteiger partial charge on any atom is 0.573 e. The minimum Gasteiger partial charge on any atom is -0.497 e. The Kier molecular flexibility index (Phi) is 5.44. The summed E-state index contributed by atoms with van der Waals surface area (Å²) in [4.78, 5) is 8.26. The van der Waals surface area contributed by atoms with E-state index in [0.717, 1.165) is 11.3 Å². The molecule has 3 rings (SSSR count). The molecule has 140 valence electrons. The highest BCUT2D eigenvalue weighted by molar-refractivity contribution is 5.63. The molecule has 2 aromatic carbocycles. The van der Waals surface area contributed by atoms with Crippen LogP contribution in [0.25, 0.3) is 11.3 Å². The van der Waals surface area contributed by atoms with Crippen molar-refractivity contribution in [2.24, 2.45) is 0 Å². The lowest BCUT2D eigenvalue weighted by Gasteiger charge is -2.11. The smallest absolute Gasteiger partial charge is 0.497 e. The topological polar surface area (TPSA) is 56.3 Å². The van der Waals surface area contributed by atoms with Gasteiger partial charge in [-0.25, -0.2) is 9.97 Å². The summed E-state index contributed by atoms with van der Waals surface area (Å²) in [5.74, 6) is 1.02. The lowest BCUT2D eigenvalue weighted by molar-refractivity contribution is -0.274. The molecule has 0 aliphatic carbocycles. The van der Waals surface area contributed by atoms with Crippen LogP contribution in [-0.4, -0.2) is 23.4 Å². The van der Waals surface area contributed by atoms with Gasteiger partial charge in [-0.15, -0.1) is 13.2 Å². The molecule has 8 heteroatoms. The fourth-order valence-electron chi connectivity index (χ4n) is 2.40. The molecule has 0 atom stereocenters. The molecule has 27 heavy (non-hydrogen) atoms. The SMILES string of the molecule is COc1ccc(CNc2cc(-c3cccc(OC(F)(F)F)c3)ncn2)cc1. The highest BCUT2D eigenvalue weighted by atomic mass is 19.4. The number of ether oxygens (including phenoxy) is 2. The summed E-state index contributed by atoms with van der Waals surface area (Å²) in [6.45, 7) is 0.525. The Bertz CT molecular complexity index is 899. The average Bonchev–Trinajstić information content (AvgIpc) is 2.66. The van der Waals surface area contributed by atoms with E-state index in [1.807, 2.05) is 24.3 Å². The maximum absolute atomic E-state index is 12.4. The van der Waals surface area contributed by atoms with Gasteiger partial charge in [-0.05, 0) is 29.8 Å². The monoisotopic (exact) mass is 375 g/mol. The molecule has 0 saturated carbocycles. The summed E-state index contributed by atoms with van der Waals surface area (Å²) in [6.07, 6.45) is -3.39. The van der Waals surface area contributed by atoms with Crippen molar-refractivity contribution in [1.29, 1.82) is 0 Å². The van der Waals surface area contributed by atoms with Gasteiger partial charge < -0.3 is 14.8 Å². The first-order valence-corrected chi connectivity index (χ1v) is 7.98. The van der Waals surface area contributed by atoms with E-state index >= 15 is 0 Å². The number of benzene rings is 2. The number of nitrogens with one attached hydrogen (secondary N) is 1. The summed E-state index contributed by atoms with van der Waals surface area (Å²) in [6, 6.07) is 14.9. The second-order valence-corrected chi connectivity index (χ2v) is 5.57. The number of nitrogens with zero attached hydrogens (tertiary/aromatic N) is 2. The van der Waals surface area contributed by atoms with E-state index < -0.39 is 6.36 Å². The van der Waals surface area contributed by atoms with Crippen molar-refractivity contribution < 1.29 is 22.6 Å². The molecule has 0 spiro atoms. The van der Waals surface area contributed by atoms with E-state index in [2.05, 4.69) is 20.0 Å². The second kappa shape index (κ2) is 7.94. The van der Waals surface area contributed by atoms with Gasteiger partial charge in [-0.1, -0.05) is 24.3 Å². The Hall–Kier alpha value is -3.29. The summed E-state index contributed by atoms with van der Waals surface area (Å²) < 4.78 is 46.2. The van der Waals surface area contributed by atoms with Crippen molar-refractivity contribution in [2.45, 2.75) is 12.9 Å². The molecule has 0 radical (unpaired) electrons. The van der Waals surface area contributed by atoms with Gasteiger partial charge >= 0.3 is 6.36 Å². The Morgan fingerprint density at radius 3 is 2.44 bits per heavy atom. The molecule has 1 N–H and O–H groups in total. The third-order valence-electron chi connectivity index (χ3n) is 3.66. The molecule has 0 fully saturated rings. The molecule has 1 heterocycles. The van der Waals surface area contributed by atoms with Crippen molar-refractivity contribution in [3.8, 4) is 22.8 Å². The van der Waals surface area contributed by atoms with Crippen LogP contribution >= 0.6 is 0 Å². The molecule has 0 aliphatic rings. The van der Waals surface area contributed by atoms with Gasteiger partial charge in [0.2, 0.25) is 0 Å². The van der Waals surface area contributed by atoms with Crippen LogP contribution in [-0.2, 0) is 6.54 Å². The van der Waals surface area contributed by atoms with E-state index in [0.29, 0.717) is 23.6 Å². The number of hydrogen-bond donors (Lipinski definition) is 1. The van der Waals surface area contributed by atoms with Gasteiger partial charge in [-0.2, -0.15) is 0 Å². The van der Waals surface area contributed by atoms with E-state index in [4.69, 9.17) is 4.74 Å². The molecule has 0 saturated heterocycles. The number of anilines is 1. The Morgan fingerprint density at radius 1 is 0.963 bits per heavy atom. The zero-order valence-corrected chi connectivity index (χ0v) is 14.3. The zero-order chi connectivity index (χ0) is 19.3. The van der Waals surface area contributed by atoms with Crippen LogP contribution in [0.15, 0.2) is 60.9 Å². The van der Waals surface area contributed by atoms with Crippen molar-refractivity contribution in [3.63, 3.8) is 0 Å². The molecular weight excluding hydrogens is 359 g/mol. The second-order valence-electron chi connectivity index (χ2n) is 5.57. The normalized spacial score (nSPS) is 11.1. The van der Waals surface area contributed by atoms with Crippen LogP contribution in [0.4, 0.5) is 19.0 Å². The maximum atomic E-state index is 12.4. The first-order chi connectivity index (χ1) is 12.9. The number of aromatic nitrogens is 2. The average molecular weight is 375 g/mol. The third-order valence-corrected chi connectivity index (χ3v) is 3.66. The number of halogens is 3. The Balaban J connectivity index is 1.72. The predicted octanol–water partition coefficient (Wildman–Crippen LogP) is 4.66. The van der Waals surface area contributed by atoms with Crippen molar-refractivity contribution in [1.82, 2.24) is 9.97 Å². The van der Waals surface area contributed by atoms with Crippen LogP contribution < -0.4 is 14.8 Å². The third kappa shape index (κ3) is 5.34. The van der Waals surface area contributed by atoms with Crippen LogP contribution in [0.3, 0.4) is 0 Å². The fourth-order valence-corrected chi connectivity index (χ4v) is 2.40. The van der Waals surface area contributed by atoms with Crippen LogP contribution in [0.2, 0.25) is 0 Å². The summed E-state index contributed by atoms with van der Waals surface area (Å²) in [5.41, 5.74) is 2.00. The van der Waals surface area contributed by atoms with Gasteiger partial charge in [0.15, 0.2) is 0 Å². The molecule has 5 nitrogen and oxygen atoms in total. The lowest BCUT2D eigenvalue weighted by atomic mass is 10.1. The van der Waals surface area contributed by atoms with Crippen LogP contribution in [0.1, 0.15) is 5.56 Å². The molecule has 1 aromatic heterocycles. The summed E-state index contributed by atoms with van der Waals surface area (Å²) in [7, 11) is 1.60. The number of rotatable bonds is 6. The van der Waals surface area contributed by atoms with Crippen molar-refractivity contribution >= 4 is 5.82 Å². The van der Waals surface area contributed by atoms with Gasteiger partial charge in [0.1, 0.15) is 23.6 Å². The molecule has 0 bridgehead atoms. The van der Waals surface area contributed by atoms with Crippen molar-refractivity contribution in [3.05, 3.63) is 66.5 Å². The zero-order valence-electron chi connectivity index (χ0n) is 14.3. The fraction of sp³-hybridized carbons (Fsp3) is 0.158. The van der Waals surface area contributed by atoms with Gasteiger partial charge in [0.25, 0.3) is 0 Å². The van der Waals surface area contributed by atoms with Crippen molar-refractivity contribution in [2.75, 3.05) is 12.4 Å². The quantitative estimate of drug-likeness (QED) is 0.679. The largest absolute Gasteiger partial charge is 0.573 e. The van der Waals surface area contributed by atoms with E-state index in [-0.39, 0.29) is 5.75 Å². The van der Waals surface area contributed by atoms with Crippen LogP contribution in [0.5, 0.6) is 11.5 Å². The summed E-state index contributed by atoms with van der Waals surface area (Å²) in [5, 5.41) is 3.16. The van der Waals surface area contributed by atoms with Gasteiger partial charge in [-0.3, -0.25) is 0 Å². The van der Waals surface area contributed by atoms with E-state index in [9.17, 15) is 13.2 Å². The minimum absolute atomic E-state index is 0.300. The minimum atomic E-state index is -4.74. The first kappa shape index (κ1) is 18.5. The number of hydrogen-bond acceptors (Lipinski definition) is 5. The molecule has 0 amide bonds. The Labute approximate surface area is 153 Å². The Morgan fingerprint density at radius 2 is 1.74 bits per heavy atom. The predicted molar refractivity (Wildman–Crippen MR) is 94.5 cm³/mol. The molecule has 0 unspecified atom stereocenters. The first-order valence-electron chi connectivity index (χ1n) is 7.98. The molecular formula is C19H16F3N3O2. The van der Waals surface area contributed by atoms with Crippen LogP contribution in [0, 0.1) is 0 Å².